The van der Waals surface area contributed by atoms with E-state index in [1.165, 1.54) is 35.9 Å². The van der Waals surface area contributed by atoms with Gasteiger partial charge in [-0.15, -0.1) is 0 Å². The van der Waals surface area contributed by atoms with Crippen LogP contribution in [-0.4, -0.2) is 66.2 Å². The summed E-state index contributed by atoms with van der Waals surface area (Å²) in [6.45, 7) is 2.39. The molecule has 146 valence electrons. The van der Waals surface area contributed by atoms with Gasteiger partial charge in [0, 0.05) is 13.1 Å². The number of methoxy groups -OCH3 is 1. The topological polar surface area (TPSA) is 94.2 Å². The first-order valence-electron chi connectivity index (χ1n) is 8.18. The van der Waals surface area contributed by atoms with E-state index in [2.05, 4.69) is 5.32 Å². The molecule has 1 aromatic carbocycles. The molecule has 27 heavy (non-hydrogen) atoms. The van der Waals surface area contributed by atoms with Crippen LogP contribution in [0.3, 0.4) is 0 Å². The SMILES string of the molecule is CCOc1ccc(C(=O)OCC(=O)NCCN2C(=O)CSC2=S)cc1OC. The van der Waals surface area contributed by atoms with E-state index in [1.807, 2.05) is 6.92 Å². The van der Waals surface area contributed by atoms with Gasteiger partial charge in [-0.25, -0.2) is 4.79 Å². The molecule has 0 aromatic heterocycles. The highest BCUT2D eigenvalue weighted by Crippen LogP contribution is 2.28. The molecular formula is C17H20N2O6S2. The molecule has 0 unspecified atom stereocenters. The number of hydrogen-bond donors (Lipinski definition) is 1. The lowest BCUT2D eigenvalue weighted by atomic mass is 10.2. The van der Waals surface area contributed by atoms with Gasteiger partial charge in [0.25, 0.3) is 5.91 Å². The third-order valence-electron chi connectivity index (χ3n) is 3.53. The molecule has 8 nitrogen and oxygen atoms in total. The van der Waals surface area contributed by atoms with Crippen molar-refractivity contribution in [2.75, 3.05) is 39.2 Å². The second-order valence-electron chi connectivity index (χ2n) is 5.32. The predicted octanol–water partition coefficient (Wildman–Crippen LogP) is 1.23. The van der Waals surface area contributed by atoms with Gasteiger partial charge in [0.1, 0.15) is 4.32 Å². The minimum atomic E-state index is -0.654. The number of carbonyl (C=O) groups excluding carboxylic acids is 3. The fourth-order valence-corrected chi connectivity index (χ4v) is 3.36. The van der Waals surface area contributed by atoms with Crippen molar-refractivity contribution >= 4 is 46.1 Å². The molecule has 0 bridgehead atoms. The molecule has 10 heteroatoms. The molecule has 0 saturated carbocycles. The van der Waals surface area contributed by atoms with Crippen LogP contribution in [0.2, 0.25) is 0 Å². The van der Waals surface area contributed by atoms with E-state index >= 15 is 0 Å². The Morgan fingerprint density at radius 3 is 2.74 bits per heavy atom. The standard InChI is InChI=1S/C17H20N2O6S2/c1-3-24-12-5-4-11(8-13(12)23-2)16(22)25-9-14(20)18-6-7-19-15(21)10-27-17(19)26/h4-5,8H,3,6-7,9-10H2,1-2H3,(H,18,20). The number of esters is 1. The van der Waals surface area contributed by atoms with E-state index in [0.717, 1.165) is 0 Å². The summed E-state index contributed by atoms with van der Waals surface area (Å²) < 4.78 is 16.1. The number of thioether (sulfide) groups is 1. The Balaban J connectivity index is 1.78. The molecule has 0 atom stereocenters. The number of carbonyl (C=O) groups is 3. The molecule has 1 aliphatic rings. The monoisotopic (exact) mass is 412 g/mol. The Morgan fingerprint density at radius 1 is 1.33 bits per heavy atom. The van der Waals surface area contributed by atoms with Crippen molar-refractivity contribution in [3.8, 4) is 11.5 Å². The van der Waals surface area contributed by atoms with Crippen molar-refractivity contribution in [2.45, 2.75) is 6.92 Å². The molecular weight excluding hydrogens is 392 g/mol. The average molecular weight is 412 g/mol. The van der Waals surface area contributed by atoms with E-state index in [9.17, 15) is 14.4 Å². The lowest BCUT2D eigenvalue weighted by Gasteiger charge is -2.15. The van der Waals surface area contributed by atoms with Crippen molar-refractivity contribution in [3.05, 3.63) is 23.8 Å². The van der Waals surface area contributed by atoms with E-state index in [-0.39, 0.29) is 18.0 Å². The highest BCUT2D eigenvalue weighted by molar-refractivity contribution is 8.23. The Bertz CT molecular complexity index is 724. The molecule has 0 spiro atoms. The number of thiocarbonyl (C=S) groups is 1. The van der Waals surface area contributed by atoms with E-state index in [4.69, 9.17) is 26.4 Å². The van der Waals surface area contributed by atoms with Gasteiger partial charge in [-0.2, -0.15) is 0 Å². The number of amides is 2. The lowest BCUT2D eigenvalue weighted by molar-refractivity contribution is -0.126. The van der Waals surface area contributed by atoms with Gasteiger partial charge < -0.3 is 19.5 Å². The van der Waals surface area contributed by atoms with Crippen LogP contribution in [0.15, 0.2) is 18.2 Å². The maximum Gasteiger partial charge on any atom is 0.338 e. The van der Waals surface area contributed by atoms with Crippen molar-refractivity contribution in [1.29, 1.82) is 0 Å². The minimum absolute atomic E-state index is 0.0740. The van der Waals surface area contributed by atoms with Crippen molar-refractivity contribution < 1.29 is 28.6 Å². The zero-order chi connectivity index (χ0) is 19.8. The summed E-state index contributed by atoms with van der Waals surface area (Å²) in [5.74, 6) is 0.0535. The van der Waals surface area contributed by atoms with E-state index in [1.54, 1.807) is 6.07 Å². The molecule has 1 aromatic rings. The number of benzene rings is 1. The molecule has 1 N–H and O–H groups in total. The van der Waals surface area contributed by atoms with Crippen LogP contribution in [0.25, 0.3) is 0 Å². The second-order valence-corrected chi connectivity index (χ2v) is 6.93. The fraction of sp³-hybridized carbons (Fsp3) is 0.412. The molecule has 2 rings (SSSR count). The quantitative estimate of drug-likeness (QED) is 0.478. The van der Waals surface area contributed by atoms with Gasteiger partial charge in [-0.05, 0) is 25.1 Å². The summed E-state index contributed by atoms with van der Waals surface area (Å²) in [6.07, 6.45) is 0. The Morgan fingerprint density at radius 2 is 2.11 bits per heavy atom. The summed E-state index contributed by atoms with van der Waals surface area (Å²) >= 11 is 6.35. The summed E-state index contributed by atoms with van der Waals surface area (Å²) in [5, 5.41) is 2.58. The average Bonchev–Trinajstić information content (AvgIpc) is 2.98. The van der Waals surface area contributed by atoms with Crippen LogP contribution in [0.1, 0.15) is 17.3 Å². The first-order valence-corrected chi connectivity index (χ1v) is 9.57. The van der Waals surface area contributed by atoms with Crippen molar-refractivity contribution in [3.63, 3.8) is 0 Å². The highest BCUT2D eigenvalue weighted by atomic mass is 32.2. The van der Waals surface area contributed by atoms with Gasteiger partial charge in [0.2, 0.25) is 5.91 Å². The smallest absolute Gasteiger partial charge is 0.338 e. The molecule has 1 saturated heterocycles. The Labute approximate surface area is 166 Å². The molecule has 1 fully saturated rings. The highest BCUT2D eigenvalue weighted by Gasteiger charge is 2.26. The second kappa shape index (κ2) is 10.1. The van der Waals surface area contributed by atoms with Crippen LogP contribution < -0.4 is 14.8 Å². The van der Waals surface area contributed by atoms with E-state index < -0.39 is 18.5 Å². The van der Waals surface area contributed by atoms with E-state index in [0.29, 0.717) is 34.7 Å². The van der Waals surface area contributed by atoms with Gasteiger partial charge in [-0.1, -0.05) is 24.0 Å². The summed E-state index contributed by atoms with van der Waals surface area (Å²) in [7, 11) is 1.47. The summed E-state index contributed by atoms with van der Waals surface area (Å²) in [6, 6.07) is 4.63. The first kappa shape index (κ1) is 21.0. The molecule has 1 aliphatic heterocycles. The van der Waals surface area contributed by atoms with Gasteiger partial charge >= 0.3 is 5.97 Å². The van der Waals surface area contributed by atoms with Crippen LogP contribution in [0.5, 0.6) is 11.5 Å². The summed E-state index contributed by atoms with van der Waals surface area (Å²) in [4.78, 5) is 36.9. The summed E-state index contributed by atoms with van der Waals surface area (Å²) in [5.41, 5.74) is 0.244. The van der Waals surface area contributed by atoms with Crippen LogP contribution >= 0.6 is 24.0 Å². The zero-order valence-corrected chi connectivity index (χ0v) is 16.6. The van der Waals surface area contributed by atoms with Gasteiger partial charge in [-0.3, -0.25) is 14.5 Å². The normalized spacial score (nSPS) is 13.5. The van der Waals surface area contributed by atoms with Gasteiger partial charge in [0.05, 0.1) is 25.0 Å². The van der Waals surface area contributed by atoms with Crippen molar-refractivity contribution in [2.24, 2.45) is 0 Å². The Kier molecular flexibility index (Phi) is 7.86. The van der Waals surface area contributed by atoms with Crippen LogP contribution in [-0.2, 0) is 14.3 Å². The minimum Gasteiger partial charge on any atom is -0.493 e. The predicted molar refractivity (Wildman–Crippen MR) is 104 cm³/mol. The molecule has 2 amide bonds. The number of ether oxygens (including phenoxy) is 3. The Hall–Kier alpha value is -2.33. The third kappa shape index (κ3) is 5.83. The lowest BCUT2D eigenvalue weighted by Crippen LogP contribution is -2.38. The molecule has 0 radical (unpaired) electrons. The zero-order valence-electron chi connectivity index (χ0n) is 15.0. The largest absolute Gasteiger partial charge is 0.493 e. The van der Waals surface area contributed by atoms with Crippen LogP contribution in [0.4, 0.5) is 0 Å². The molecule has 0 aliphatic carbocycles. The third-order valence-corrected chi connectivity index (χ3v) is 4.96. The number of nitrogens with one attached hydrogen (secondary N) is 1. The number of hydrogen-bond acceptors (Lipinski definition) is 8. The molecule has 1 heterocycles. The maximum atomic E-state index is 12.1. The van der Waals surface area contributed by atoms with Crippen LogP contribution in [0, 0.1) is 0 Å². The first-order chi connectivity index (χ1) is 13.0. The maximum absolute atomic E-state index is 12.1. The van der Waals surface area contributed by atoms with Gasteiger partial charge in [0.15, 0.2) is 18.1 Å². The number of nitrogens with zero attached hydrogens (tertiary/aromatic N) is 1. The van der Waals surface area contributed by atoms with Crippen molar-refractivity contribution in [1.82, 2.24) is 10.2 Å². The number of rotatable bonds is 9. The fourth-order valence-electron chi connectivity index (χ4n) is 2.24.